The molecule has 0 aliphatic carbocycles. The number of aryl methyl sites for hydroxylation is 1. The average Bonchev–Trinajstić information content (AvgIpc) is 2.54. The summed E-state index contributed by atoms with van der Waals surface area (Å²) in [4.78, 5) is 32.6. The van der Waals surface area contributed by atoms with Gasteiger partial charge in [0.25, 0.3) is 5.56 Å². The Morgan fingerprint density at radius 1 is 1.30 bits per heavy atom. The number of anilines is 1. The Morgan fingerprint density at radius 2 is 2.13 bits per heavy atom. The zero-order valence-corrected chi connectivity index (χ0v) is 13.9. The van der Waals surface area contributed by atoms with E-state index in [-0.39, 0.29) is 18.0 Å². The first-order chi connectivity index (χ1) is 11.0. The SMILES string of the molecule is Cc1cc(NC(=O)Cn2cnc3ncccc3c2=O)ccc1Br. The third-order valence-electron chi connectivity index (χ3n) is 3.35. The molecule has 3 rings (SSSR count). The summed E-state index contributed by atoms with van der Waals surface area (Å²) in [6.07, 6.45) is 2.91. The van der Waals surface area contributed by atoms with E-state index in [4.69, 9.17) is 0 Å². The van der Waals surface area contributed by atoms with Gasteiger partial charge in [-0.1, -0.05) is 15.9 Å². The van der Waals surface area contributed by atoms with E-state index in [9.17, 15) is 9.59 Å². The quantitative estimate of drug-likeness (QED) is 0.766. The zero-order chi connectivity index (χ0) is 16.4. The van der Waals surface area contributed by atoms with Crippen molar-refractivity contribution in [3.63, 3.8) is 0 Å². The van der Waals surface area contributed by atoms with Gasteiger partial charge < -0.3 is 5.32 Å². The van der Waals surface area contributed by atoms with Crippen LogP contribution in [0.2, 0.25) is 0 Å². The van der Waals surface area contributed by atoms with Gasteiger partial charge in [0.1, 0.15) is 12.9 Å². The van der Waals surface area contributed by atoms with E-state index in [2.05, 4.69) is 31.2 Å². The fourth-order valence-corrected chi connectivity index (χ4v) is 2.44. The van der Waals surface area contributed by atoms with E-state index >= 15 is 0 Å². The van der Waals surface area contributed by atoms with Crippen LogP contribution in [-0.2, 0) is 11.3 Å². The van der Waals surface area contributed by atoms with Gasteiger partial charge in [-0.15, -0.1) is 0 Å². The van der Waals surface area contributed by atoms with Gasteiger partial charge in [-0.2, -0.15) is 0 Å². The van der Waals surface area contributed by atoms with Crippen LogP contribution < -0.4 is 10.9 Å². The molecule has 0 unspecified atom stereocenters. The Balaban J connectivity index is 1.81. The Labute approximate surface area is 140 Å². The van der Waals surface area contributed by atoms with Crippen LogP contribution in [0.4, 0.5) is 5.69 Å². The van der Waals surface area contributed by atoms with E-state index in [1.54, 1.807) is 24.4 Å². The van der Waals surface area contributed by atoms with Crippen molar-refractivity contribution in [3.05, 3.63) is 63.2 Å². The average molecular weight is 373 g/mol. The van der Waals surface area contributed by atoms with Gasteiger partial charge in [0.2, 0.25) is 5.91 Å². The van der Waals surface area contributed by atoms with Crippen molar-refractivity contribution in [1.82, 2.24) is 14.5 Å². The van der Waals surface area contributed by atoms with Gasteiger partial charge in [-0.3, -0.25) is 14.2 Å². The van der Waals surface area contributed by atoms with E-state index in [1.807, 2.05) is 19.1 Å². The topological polar surface area (TPSA) is 76.9 Å². The van der Waals surface area contributed by atoms with Gasteiger partial charge in [0.15, 0.2) is 5.65 Å². The number of halogens is 1. The molecule has 2 aromatic heterocycles. The summed E-state index contributed by atoms with van der Waals surface area (Å²) < 4.78 is 2.24. The smallest absolute Gasteiger partial charge is 0.263 e. The lowest BCUT2D eigenvalue weighted by molar-refractivity contribution is -0.116. The Bertz CT molecular complexity index is 952. The molecule has 0 fully saturated rings. The molecule has 1 amide bonds. The van der Waals surface area contributed by atoms with Crippen molar-refractivity contribution in [2.45, 2.75) is 13.5 Å². The fourth-order valence-electron chi connectivity index (χ4n) is 2.19. The molecule has 0 saturated heterocycles. The van der Waals surface area contributed by atoms with Crippen LogP contribution in [0.3, 0.4) is 0 Å². The zero-order valence-electron chi connectivity index (χ0n) is 12.3. The maximum absolute atomic E-state index is 12.3. The number of nitrogens with zero attached hydrogens (tertiary/aromatic N) is 3. The minimum atomic E-state index is -0.293. The lowest BCUT2D eigenvalue weighted by Crippen LogP contribution is -2.28. The minimum absolute atomic E-state index is 0.105. The second kappa shape index (κ2) is 6.29. The highest BCUT2D eigenvalue weighted by Gasteiger charge is 2.09. The molecule has 7 heteroatoms. The summed E-state index contributed by atoms with van der Waals surface area (Å²) in [5.41, 5.74) is 1.78. The number of nitrogens with one attached hydrogen (secondary N) is 1. The minimum Gasteiger partial charge on any atom is -0.325 e. The molecule has 0 aliphatic rings. The second-order valence-electron chi connectivity index (χ2n) is 5.06. The van der Waals surface area contributed by atoms with Crippen LogP contribution in [0, 0.1) is 6.92 Å². The monoisotopic (exact) mass is 372 g/mol. The van der Waals surface area contributed by atoms with Gasteiger partial charge in [0.05, 0.1) is 5.39 Å². The molecule has 0 aliphatic heterocycles. The Kier molecular flexibility index (Phi) is 4.20. The number of pyridine rings is 1. The molecule has 23 heavy (non-hydrogen) atoms. The standard InChI is InChI=1S/C16H13BrN4O2/c1-10-7-11(4-5-13(10)17)20-14(22)8-21-9-19-15-12(16(21)23)3-2-6-18-15/h2-7,9H,8H2,1H3,(H,20,22). The van der Waals surface area contributed by atoms with Crippen LogP contribution in [0.5, 0.6) is 0 Å². The molecule has 116 valence electrons. The summed E-state index contributed by atoms with van der Waals surface area (Å²) in [5.74, 6) is -0.293. The number of carbonyl (C=O) groups excluding carboxylic acids is 1. The normalized spacial score (nSPS) is 10.7. The van der Waals surface area contributed by atoms with Gasteiger partial charge in [-0.05, 0) is 42.8 Å². The largest absolute Gasteiger partial charge is 0.325 e. The number of rotatable bonds is 3. The van der Waals surface area contributed by atoms with Crippen molar-refractivity contribution >= 4 is 38.6 Å². The van der Waals surface area contributed by atoms with Gasteiger partial charge in [-0.25, -0.2) is 9.97 Å². The number of aromatic nitrogens is 3. The van der Waals surface area contributed by atoms with E-state index in [0.717, 1.165) is 10.0 Å². The fraction of sp³-hybridized carbons (Fsp3) is 0.125. The van der Waals surface area contributed by atoms with Crippen LogP contribution >= 0.6 is 15.9 Å². The van der Waals surface area contributed by atoms with Crippen LogP contribution in [0.25, 0.3) is 11.0 Å². The number of carbonyl (C=O) groups is 1. The Hall–Kier alpha value is -2.54. The first-order valence-electron chi connectivity index (χ1n) is 6.91. The maximum atomic E-state index is 12.3. The molecule has 0 bridgehead atoms. The van der Waals surface area contributed by atoms with Crippen molar-refractivity contribution < 1.29 is 4.79 Å². The summed E-state index contributed by atoms with van der Waals surface area (Å²) in [6.45, 7) is 1.83. The number of benzene rings is 1. The number of fused-ring (bicyclic) bond motifs is 1. The summed E-state index contributed by atoms with van der Waals surface area (Å²) in [7, 11) is 0. The van der Waals surface area contributed by atoms with Crippen molar-refractivity contribution in [2.75, 3.05) is 5.32 Å². The molecule has 3 aromatic rings. The Morgan fingerprint density at radius 3 is 2.91 bits per heavy atom. The molecule has 1 N–H and O–H groups in total. The number of hydrogen-bond donors (Lipinski definition) is 1. The molecule has 2 heterocycles. The number of amides is 1. The predicted molar refractivity (Wildman–Crippen MR) is 91.3 cm³/mol. The van der Waals surface area contributed by atoms with E-state index in [1.165, 1.54) is 10.9 Å². The van der Waals surface area contributed by atoms with E-state index < -0.39 is 0 Å². The molecule has 0 atom stereocenters. The second-order valence-corrected chi connectivity index (χ2v) is 5.92. The van der Waals surface area contributed by atoms with Gasteiger partial charge >= 0.3 is 0 Å². The molecule has 1 aromatic carbocycles. The molecular formula is C16H13BrN4O2. The van der Waals surface area contributed by atoms with Crippen LogP contribution in [0.1, 0.15) is 5.56 Å². The number of hydrogen-bond acceptors (Lipinski definition) is 4. The summed E-state index contributed by atoms with van der Waals surface area (Å²) in [6, 6.07) is 8.82. The van der Waals surface area contributed by atoms with Crippen molar-refractivity contribution in [3.8, 4) is 0 Å². The van der Waals surface area contributed by atoms with Gasteiger partial charge in [0, 0.05) is 16.4 Å². The molecule has 0 spiro atoms. The highest BCUT2D eigenvalue weighted by atomic mass is 79.9. The highest BCUT2D eigenvalue weighted by Crippen LogP contribution is 2.19. The highest BCUT2D eigenvalue weighted by molar-refractivity contribution is 9.10. The lowest BCUT2D eigenvalue weighted by Gasteiger charge is -2.09. The summed E-state index contributed by atoms with van der Waals surface area (Å²) in [5, 5.41) is 3.16. The first kappa shape index (κ1) is 15.4. The molecule has 0 radical (unpaired) electrons. The van der Waals surface area contributed by atoms with Crippen LogP contribution in [0.15, 0.2) is 52.1 Å². The third-order valence-corrected chi connectivity index (χ3v) is 4.24. The molecule has 6 nitrogen and oxygen atoms in total. The first-order valence-corrected chi connectivity index (χ1v) is 7.70. The third kappa shape index (κ3) is 3.29. The van der Waals surface area contributed by atoms with Crippen molar-refractivity contribution in [1.29, 1.82) is 0 Å². The molecular weight excluding hydrogens is 360 g/mol. The maximum Gasteiger partial charge on any atom is 0.263 e. The van der Waals surface area contributed by atoms with Crippen LogP contribution in [-0.4, -0.2) is 20.4 Å². The van der Waals surface area contributed by atoms with Crippen molar-refractivity contribution in [2.24, 2.45) is 0 Å². The summed E-state index contributed by atoms with van der Waals surface area (Å²) >= 11 is 3.41. The lowest BCUT2D eigenvalue weighted by atomic mass is 10.2. The molecule has 0 saturated carbocycles. The van der Waals surface area contributed by atoms with E-state index in [0.29, 0.717) is 16.7 Å². The predicted octanol–water partition coefficient (Wildman–Crippen LogP) is 2.50.